The van der Waals surface area contributed by atoms with Crippen LogP contribution in [-0.4, -0.2) is 37.0 Å². The predicted octanol–water partition coefficient (Wildman–Crippen LogP) is -0.231. The summed E-state index contributed by atoms with van der Waals surface area (Å²) < 4.78 is 0. The van der Waals surface area contributed by atoms with Crippen LogP contribution < -0.4 is 16.0 Å². The molecule has 2 amide bonds. The van der Waals surface area contributed by atoms with Gasteiger partial charge < -0.3 is 16.0 Å². The van der Waals surface area contributed by atoms with Crippen molar-refractivity contribution < 1.29 is 9.59 Å². The van der Waals surface area contributed by atoms with Crippen molar-refractivity contribution in [3.63, 3.8) is 0 Å². The second-order valence-corrected chi connectivity index (χ2v) is 4.18. The summed E-state index contributed by atoms with van der Waals surface area (Å²) in [6.45, 7) is 5.21. The number of hydrogen-bond donors (Lipinski definition) is 3. The quantitative estimate of drug-likeness (QED) is 0.526. The molecule has 0 heterocycles. The lowest BCUT2D eigenvalue weighted by atomic mass is 10.3. The smallest absolute Gasteiger partial charge is 0.242 e. The molecule has 16 heavy (non-hydrogen) atoms. The molecule has 0 aromatic carbocycles. The molecule has 1 saturated carbocycles. The van der Waals surface area contributed by atoms with Gasteiger partial charge in [0.2, 0.25) is 11.8 Å². The summed E-state index contributed by atoms with van der Waals surface area (Å²) in [5.41, 5.74) is 0. The topological polar surface area (TPSA) is 70.2 Å². The third-order valence-electron chi connectivity index (χ3n) is 2.47. The van der Waals surface area contributed by atoms with Crippen LogP contribution in [0.4, 0.5) is 0 Å². The van der Waals surface area contributed by atoms with Crippen LogP contribution in [0.15, 0.2) is 0 Å². The number of hydrogen-bond acceptors (Lipinski definition) is 3. The van der Waals surface area contributed by atoms with E-state index in [0.29, 0.717) is 19.0 Å². The van der Waals surface area contributed by atoms with Gasteiger partial charge in [0, 0.05) is 19.0 Å². The first-order valence-electron chi connectivity index (χ1n) is 5.94. The minimum atomic E-state index is -0.435. The number of carbonyl (C=O) groups excluding carboxylic acids is 2. The summed E-state index contributed by atoms with van der Waals surface area (Å²) in [5, 5.41) is 8.60. The molecule has 1 atom stereocenters. The van der Waals surface area contributed by atoms with E-state index in [1.807, 2.05) is 6.92 Å². The molecular formula is C11H21N3O2. The molecule has 1 aliphatic carbocycles. The Kier molecular flexibility index (Phi) is 5.25. The highest BCUT2D eigenvalue weighted by Gasteiger charge is 2.25. The largest absolute Gasteiger partial charge is 0.352 e. The molecule has 0 aromatic rings. The number of nitrogens with one attached hydrogen (secondary N) is 3. The molecule has 1 rings (SSSR count). The number of rotatable bonds is 7. The summed E-state index contributed by atoms with van der Waals surface area (Å²) >= 11 is 0. The van der Waals surface area contributed by atoms with Gasteiger partial charge in [-0.25, -0.2) is 0 Å². The van der Waals surface area contributed by atoms with E-state index in [-0.39, 0.29) is 11.8 Å². The molecule has 1 aliphatic rings. The Bertz CT molecular complexity index is 252. The molecule has 0 radical (unpaired) electrons. The Labute approximate surface area is 96.4 Å². The molecule has 3 N–H and O–H groups in total. The maximum Gasteiger partial charge on any atom is 0.242 e. The summed E-state index contributed by atoms with van der Waals surface area (Å²) in [6, 6.07) is -0.0941. The summed E-state index contributed by atoms with van der Waals surface area (Å²) in [5.74, 6) is -0.168. The second-order valence-electron chi connectivity index (χ2n) is 4.18. The molecular weight excluding hydrogens is 206 g/mol. The maximum atomic E-state index is 11.5. The fraction of sp³-hybridized carbons (Fsp3) is 0.818. The monoisotopic (exact) mass is 227 g/mol. The lowest BCUT2D eigenvalue weighted by molar-refractivity contribution is -0.128. The minimum absolute atomic E-state index is 0.0839. The highest BCUT2D eigenvalue weighted by molar-refractivity contribution is 5.87. The van der Waals surface area contributed by atoms with Crippen LogP contribution in [0.2, 0.25) is 0 Å². The van der Waals surface area contributed by atoms with Crippen LogP contribution in [0.1, 0.15) is 33.1 Å². The van der Waals surface area contributed by atoms with Crippen molar-refractivity contribution in [1.82, 2.24) is 16.0 Å². The van der Waals surface area contributed by atoms with Crippen molar-refractivity contribution in [2.24, 2.45) is 0 Å². The van der Waals surface area contributed by atoms with Gasteiger partial charge in [-0.2, -0.15) is 0 Å². The molecule has 0 saturated heterocycles. The lowest BCUT2D eigenvalue weighted by Gasteiger charge is -2.13. The third-order valence-corrected chi connectivity index (χ3v) is 2.47. The van der Waals surface area contributed by atoms with Crippen LogP contribution in [0, 0.1) is 0 Å². The van der Waals surface area contributed by atoms with Crippen molar-refractivity contribution in [3.05, 3.63) is 0 Å². The van der Waals surface area contributed by atoms with Crippen molar-refractivity contribution in [2.45, 2.75) is 45.2 Å². The zero-order valence-electron chi connectivity index (χ0n) is 10.0. The Morgan fingerprint density at radius 3 is 2.62 bits per heavy atom. The average Bonchev–Trinajstić information content (AvgIpc) is 3.02. The Morgan fingerprint density at radius 2 is 2.06 bits per heavy atom. The molecule has 5 nitrogen and oxygen atoms in total. The third kappa shape index (κ3) is 5.11. The standard InChI is InChI=1S/C11H21N3O2/c1-3-12-7-6-10(15)13-8(2)11(16)14-9-4-5-9/h8-9,12H,3-7H2,1-2H3,(H,13,15)(H,14,16). The van der Waals surface area contributed by atoms with Crippen LogP contribution >= 0.6 is 0 Å². The molecule has 92 valence electrons. The second kappa shape index (κ2) is 6.48. The molecule has 0 bridgehead atoms. The Morgan fingerprint density at radius 1 is 1.38 bits per heavy atom. The SMILES string of the molecule is CCNCCC(=O)NC(C)C(=O)NC1CC1. The van der Waals surface area contributed by atoms with Gasteiger partial charge in [-0.05, 0) is 26.3 Å². The highest BCUT2D eigenvalue weighted by atomic mass is 16.2. The van der Waals surface area contributed by atoms with Crippen molar-refractivity contribution in [1.29, 1.82) is 0 Å². The van der Waals surface area contributed by atoms with E-state index in [0.717, 1.165) is 19.4 Å². The number of amides is 2. The van der Waals surface area contributed by atoms with Crippen molar-refractivity contribution in [3.8, 4) is 0 Å². The average molecular weight is 227 g/mol. The minimum Gasteiger partial charge on any atom is -0.352 e. The summed E-state index contributed by atoms with van der Waals surface area (Å²) in [7, 11) is 0. The van der Waals surface area contributed by atoms with Crippen LogP contribution in [0.5, 0.6) is 0 Å². The molecule has 0 aliphatic heterocycles. The van der Waals surface area contributed by atoms with Crippen molar-refractivity contribution >= 4 is 11.8 Å². The normalized spacial score (nSPS) is 16.6. The van der Waals surface area contributed by atoms with Gasteiger partial charge in [-0.3, -0.25) is 9.59 Å². The van der Waals surface area contributed by atoms with E-state index in [2.05, 4.69) is 16.0 Å². The molecule has 0 aromatic heterocycles. The van der Waals surface area contributed by atoms with Gasteiger partial charge in [-0.15, -0.1) is 0 Å². The lowest BCUT2D eigenvalue weighted by Crippen LogP contribution is -2.45. The fourth-order valence-electron chi connectivity index (χ4n) is 1.31. The van der Waals surface area contributed by atoms with Gasteiger partial charge in [0.25, 0.3) is 0 Å². The van der Waals surface area contributed by atoms with E-state index in [1.54, 1.807) is 6.92 Å². The van der Waals surface area contributed by atoms with Crippen LogP contribution in [-0.2, 0) is 9.59 Å². The van der Waals surface area contributed by atoms with Gasteiger partial charge in [-0.1, -0.05) is 6.92 Å². The van der Waals surface area contributed by atoms with Crippen LogP contribution in [0.3, 0.4) is 0 Å². The van der Waals surface area contributed by atoms with Gasteiger partial charge in [0.1, 0.15) is 6.04 Å². The van der Waals surface area contributed by atoms with E-state index in [9.17, 15) is 9.59 Å². The van der Waals surface area contributed by atoms with E-state index >= 15 is 0 Å². The first kappa shape index (κ1) is 13.0. The van der Waals surface area contributed by atoms with Gasteiger partial charge in [0.15, 0.2) is 0 Å². The van der Waals surface area contributed by atoms with E-state index < -0.39 is 6.04 Å². The molecule has 5 heteroatoms. The van der Waals surface area contributed by atoms with E-state index in [4.69, 9.17) is 0 Å². The molecule has 1 fully saturated rings. The number of carbonyl (C=O) groups is 2. The molecule has 0 spiro atoms. The predicted molar refractivity (Wildman–Crippen MR) is 61.9 cm³/mol. The van der Waals surface area contributed by atoms with Crippen LogP contribution in [0.25, 0.3) is 0 Å². The highest BCUT2D eigenvalue weighted by Crippen LogP contribution is 2.18. The van der Waals surface area contributed by atoms with Crippen molar-refractivity contribution in [2.75, 3.05) is 13.1 Å². The Balaban J connectivity index is 2.13. The fourth-order valence-corrected chi connectivity index (χ4v) is 1.31. The zero-order valence-corrected chi connectivity index (χ0v) is 10.0. The Hall–Kier alpha value is -1.10. The maximum absolute atomic E-state index is 11.5. The zero-order chi connectivity index (χ0) is 12.0. The van der Waals surface area contributed by atoms with E-state index in [1.165, 1.54) is 0 Å². The summed E-state index contributed by atoms with van der Waals surface area (Å²) in [6.07, 6.45) is 2.54. The first-order valence-corrected chi connectivity index (χ1v) is 5.94. The van der Waals surface area contributed by atoms with Gasteiger partial charge >= 0.3 is 0 Å². The molecule has 1 unspecified atom stereocenters. The summed E-state index contributed by atoms with van der Waals surface area (Å²) in [4.78, 5) is 22.9. The van der Waals surface area contributed by atoms with Gasteiger partial charge in [0.05, 0.1) is 0 Å². The first-order chi connectivity index (χ1) is 7.63.